The first-order chi connectivity index (χ1) is 36.9. The van der Waals surface area contributed by atoms with Crippen molar-refractivity contribution in [2.75, 3.05) is 90.9 Å². The van der Waals surface area contributed by atoms with E-state index in [4.69, 9.17) is 62.6 Å². The van der Waals surface area contributed by atoms with Gasteiger partial charge in [0.05, 0.1) is 49.6 Å². The van der Waals surface area contributed by atoms with E-state index < -0.39 is 46.0 Å². The molecular formula is C60H132N6O17Si4. The van der Waals surface area contributed by atoms with E-state index in [1.54, 1.807) is 119 Å². The van der Waals surface area contributed by atoms with E-state index in [9.17, 15) is 14.4 Å². The standard InChI is InChI=1S/C19H38N2O7Si2.C17H32N2O5Si.C10H20O5Si.C5H6N2.9CH4/c1-9-17(21-12-11-20-16-21)15-19(2,3)18(22)27-13-10-14-30(25-6,26-7)28-29(8,23-4)24-5;1-7-15(19-10-9-18-14-19)13-17(2,3)16(20)24-11-8-12-25(21-4,22-5)23-6;1-9(2)10(11)15-7-6-8-16(12-3,13-4)14-5;1-2-7-4-3-6-5-7;;;;;;;;;/h11-12,16-17H,9-10,13-15H2,1-8H3;9-10,14-15H,7-8,11-13H2,1-6H3;1,6-8H2,2-5H3;2-5H,1H2;9*1H4. The molecule has 0 N–H and O–H groups in total. The minimum Gasteiger partial charge on any atom is -0.465 e. The van der Waals surface area contributed by atoms with Crippen molar-refractivity contribution in [3.05, 3.63) is 74.9 Å². The number of ether oxygens (including phenoxy) is 3. The van der Waals surface area contributed by atoms with Crippen molar-refractivity contribution in [1.82, 2.24) is 28.7 Å². The molecule has 3 rings (SSSR count). The number of carbonyl (C=O) groups is 3. The summed E-state index contributed by atoms with van der Waals surface area (Å²) in [4.78, 5) is 48.2. The highest BCUT2D eigenvalue weighted by Gasteiger charge is 2.49. The van der Waals surface area contributed by atoms with E-state index in [1.165, 1.54) is 14.2 Å². The Bertz CT molecular complexity index is 2040. The second-order valence-electron chi connectivity index (χ2n) is 19.1. The van der Waals surface area contributed by atoms with Crippen molar-refractivity contribution < 1.29 is 77.0 Å². The summed E-state index contributed by atoms with van der Waals surface area (Å²) in [5, 5.41) is 0. The average molecular weight is 1320 g/mol. The Morgan fingerprint density at radius 3 is 1.06 bits per heavy atom. The van der Waals surface area contributed by atoms with Crippen LogP contribution in [0.25, 0.3) is 6.20 Å². The van der Waals surface area contributed by atoms with Crippen molar-refractivity contribution in [1.29, 1.82) is 0 Å². The highest BCUT2D eigenvalue weighted by atomic mass is 28.5. The number of imidazole rings is 3. The summed E-state index contributed by atoms with van der Waals surface area (Å²) in [6.07, 6.45) is 22.9. The van der Waals surface area contributed by atoms with Crippen LogP contribution in [0.4, 0.5) is 0 Å². The summed E-state index contributed by atoms with van der Waals surface area (Å²) in [5.74, 6) is -0.790. The molecular weight excluding hydrogens is 1190 g/mol. The molecule has 0 radical (unpaired) electrons. The van der Waals surface area contributed by atoms with Gasteiger partial charge in [0.15, 0.2) is 0 Å². The molecule has 520 valence electrons. The summed E-state index contributed by atoms with van der Waals surface area (Å²) in [6, 6.07) is 2.11. The van der Waals surface area contributed by atoms with Crippen molar-refractivity contribution in [3.8, 4) is 0 Å². The van der Waals surface area contributed by atoms with Gasteiger partial charge in [-0.15, -0.1) is 0 Å². The van der Waals surface area contributed by atoms with Gasteiger partial charge in [-0.05, 0) is 79.6 Å². The first-order valence-electron chi connectivity index (χ1n) is 25.8. The fraction of sp³-hybridized carbons (Fsp3) is 0.733. The van der Waals surface area contributed by atoms with Crippen LogP contribution in [0.3, 0.4) is 0 Å². The normalized spacial score (nSPS) is 11.5. The summed E-state index contributed by atoms with van der Waals surface area (Å²) in [6.45, 7) is 23.2. The van der Waals surface area contributed by atoms with Gasteiger partial charge in [0, 0.05) is 157 Å². The molecule has 23 nitrogen and oxygen atoms in total. The number of hydrogen-bond acceptors (Lipinski definition) is 20. The van der Waals surface area contributed by atoms with Crippen molar-refractivity contribution in [2.45, 2.75) is 197 Å². The van der Waals surface area contributed by atoms with Crippen LogP contribution in [-0.4, -0.2) is 173 Å². The molecule has 0 amide bonds. The Morgan fingerprint density at radius 1 is 0.506 bits per heavy atom. The Morgan fingerprint density at radius 2 is 0.816 bits per heavy atom. The van der Waals surface area contributed by atoms with Gasteiger partial charge in [0.1, 0.15) is 0 Å². The monoisotopic (exact) mass is 1320 g/mol. The van der Waals surface area contributed by atoms with Crippen LogP contribution < -0.4 is 0 Å². The lowest BCUT2D eigenvalue weighted by Crippen LogP contribution is -2.55. The molecule has 3 heterocycles. The van der Waals surface area contributed by atoms with Gasteiger partial charge >= 0.3 is 53.1 Å². The quantitative estimate of drug-likeness (QED) is 0.0173. The molecule has 0 aromatic carbocycles. The molecule has 3 aromatic heterocycles. The smallest absolute Gasteiger partial charge is 0.465 e. The Labute approximate surface area is 536 Å². The van der Waals surface area contributed by atoms with Gasteiger partial charge in [-0.25, -0.2) is 19.7 Å². The van der Waals surface area contributed by atoms with Crippen LogP contribution in [0.1, 0.15) is 172 Å². The zero-order valence-corrected chi connectivity index (χ0v) is 54.2. The molecule has 2 atom stereocenters. The van der Waals surface area contributed by atoms with E-state index in [-0.39, 0.29) is 103 Å². The van der Waals surface area contributed by atoms with Gasteiger partial charge in [0.25, 0.3) is 0 Å². The second-order valence-corrected chi connectivity index (χ2v) is 31.3. The lowest BCUT2D eigenvalue weighted by atomic mass is 9.85. The maximum Gasteiger partial charge on any atom is 0.500 e. The molecule has 87 heavy (non-hydrogen) atoms. The first-order valence-corrected chi connectivity index (χ1v) is 33.8. The van der Waals surface area contributed by atoms with Gasteiger partial charge in [-0.1, -0.05) is 93.8 Å². The molecule has 0 aliphatic heterocycles. The number of hydrogen-bond donors (Lipinski definition) is 0. The summed E-state index contributed by atoms with van der Waals surface area (Å²) < 4.78 is 81.7. The predicted octanol–water partition coefficient (Wildman–Crippen LogP) is 14.4. The maximum atomic E-state index is 12.7. The molecule has 0 aliphatic carbocycles. The molecule has 0 saturated heterocycles. The zero-order valence-electron chi connectivity index (χ0n) is 50.2. The number of esters is 3. The maximum absolute atomic E-state index is 12.7. The summed E-state index contributed by atoms with van der Waals surface area (Å²) >= 11 is 0. The summed E-state index contributed by atoms with van der Waals surface area (Å²) in [7, 11) is 4.60. The Hall–Kier alpha value is -4.05. The molecule has 0 saturated carbocycles. The van der Waals surface area contributed by atoms with Crippen molar-refractivity contribution in [3.63, 3.8) is 0 Å². The van der Waals surface area contributed by atoms with E-state index >= 15 is 0 Å². The number of carbonyl (C=O) groups excluding carboxylic acids is 3. The minimum atomic E-state index is -3.00. The van der Waals surface area contributed by atoms with E-state index in [0.29, 0.717) is 69.0 Å². The van der Waals surface area contributed by atoms with Gasteiger partial charge in [-0.3, -0.25) is 9.59 Å². The third-order valence-electron chi connectivity index (χ3n) is 12.7. The topological polar surface area (TPSA) is 234 Å². The van der Waals surface area contributed by atoms with E-state index in [1.807, 2.05) is 55.4 Å². The van der Waals surface area contributed by atoms with Crippen LogP contribution in [-0.2, 0) is 77.0 Å². The molecule has 0 fully saturated rings. The number of nitrogens with zero attached hydrogens (tertiary/aromatic N) is 6. The number of aromatic nitrogens is 6. The molecule has 2 unspecified atom stereocenters. The zero-order chi connectivity index (χ0) is 59.5. The fourth-order valence-corrected chi connectivity index (χ4v) is 16.2. The van der Waals surface area contributed by atoms with Crippen LogP contribution in [0.2, 0.25) is 24.7 Å². The predicted molar refractivity (Wildman–Crippen MR) is 365 cm³/mol. The van der Waals surface area contributed by atoms with Crippen molar-refractivity contribution in [2.24, 2.45) is 10.8 Å². The summed E-state index contributed by atoms with van der Waals surface area (Å²) in [5.41, 5.74) is -0.784. The highest BCUT2D eigenvalue weighted by Crippen LogP contribution is 2.33. The SMILES string of the molecule is C.C.C.C.C.C.C.C.C.C=C(C)C(=O)OCCC[Si](OC)(OC)OC.C=Cn1ccnc1.CCC(CC(C)(C)C(=O)OCCC[Si](OC)(OC)OC)n1ccnc1.CCC(CC(C)(C)C(=O)OCCC[Si](OC)(OC)O[Si](C)(OC)OC)n1ccnc1. The second kappa shape index (κ2) is 54.8. The Balaban J connectivity index is -0.000000118. The average Bonchev–Trinajstić information content (AvgIpc) is 4.46. The molecule has 3 aromatic rings. The number of rotatable bonds is 36. The Kier molecular flexibility index (Phi) is 66.0. The third kappa shape index (κ3) is 38.3. The minimum absolute atomic E-state index is 0. The third-order valence-corrected chi connectivity index (χ3v) is 24.8. The van der Waals surface area contributed by atoms with Crippen LogP contribution in [0.15, 0.2) is 74.9 Å². The first kappa shape index (κ1) is 105. The highest BCUT2D eigenvalue weighted by molar-refractivity contribution is 6.74. The molecule has 0 aliphatic rings. The molecule has 0 bridgehead atoms. The van der Waals surface area contributed by atoms with Gasteiger partial charge in [0.2, 0.25) is 0 Å². The fourth-order valence-electron chi connectivity index (χ4n) is 7.47. The van der Waals surface area contributed by atoms with Crippen molar-refractivity contribution >= 4 is 59.3 Å². The lowest BCUT2D eigenvalue weighted by molar-refractivity contribution is -0.155. The van der Waals surface area contributed by atoms with Crippen LogP contribution in [0.5, 0.6) is 0 Å². The molecule has 0 spiro atoms. The largest absolute Gasteiger partial charge is 0.500 e. The molecule has 27 heteroatoms. The van der Waals surface area contributed by atoms with Gasteiger partial charge < -0.3 is 76.3 Å². The van der Waals surface area contributed by atoms with Gasteiger partial charge in [-0.2, -0.15) is 0 Å². The lowest BCUT2D eigenvalue weighted by Gasteiger charge is -2.33. The van der Waals surface area contributed by atoms with Crippen LogP contribution >= 0.6 is 0 Å². The van der Waals surface area contributed by atoms with E-state index in [2.05, 4.69) is 42.0 Å². The van der Waals surface area contributed by atoms with E-state index in [0.717, 1.165) is 12.8 Å². The van der Waals surface area contributed by atoms with Crippen LogP contribution in [0, 0.1) is 10.8 Å².